The lowest BCUT2D eigenvalue weighted by molar-refractivity contribution is -0.143. The van der Waals surface area contributed by atoms with Crippen LogP contribution in [0, 0.1) is 0 Å². The Kier molecular flexibility index (Phi) is 5.38. The average Bonchev–Trinajstić information content (AvgIpc) is 3.00. The SMILES string of the molecule is COC(=O)C(CCC1OCCO1)c1cccc(OC)c1. The summed E-state index contributed by atoms with van der Waals surface area (Å²) in [6.07, 6.45) is 1.06. The van der Waals surface area contributed by atoms with E-state index in [0.29, 0.717) is 26.1 Å². The Bertz CT molecular complexity index is 440. The second-order valence-corrected chi connectivity index (χ2v) is 4.60. The lowest BCUT2D eigenvalue weighted by Gasteiger charge is -2.17. The molecule has 0 aliphatic carbocycles. The molecule has 1 aromatic rings. The Morgan fingerprint density at radius 3 is 2.75 bits per heavy atom. The quantitative estimate of drug-likeness (QED) is 0.747. The molecule has 110 valence electrons. The zero-order valence-corrected chi connectivity index (χ0v) is 11.8. The molecule has 1 saturated heterocycles. The Balaban J connectivity index is 2.07. The van der Waals surface area contributed by atoms with E-state index in [-0.39, 0.29) is 18.2 Å². The summed E-state index contributed by atoms with van der Waals surface area (Å²) < 4.78 is 20.9. The Morgan fingerprint density at radius 2 is 2.10 bits per heavy atom. The molecule has 1 unspecified atom stereocenters. The first-order valence-electron chi connectivity index (χ1n) is 6.69. The number of benzene rings is 1. The second kappa shape index (κ2) is 7.26. The lowest BCUT2D eigenvalue weighted by Crippen LogP contribution is -2.17. The average molecular weight is 280 g/mol. The molecule has 0 N–H and O–H groups in total. The predicted molar refractivity (Wildman–Crippen MR) is 72.7 cm³/mol. The van der Waals surface area contributed by atoms with Crippen molar-refractivity contribution < 1.29 is 23.7 Å². The van der Waals surface area contributed by atoms with Gasteiger partial charge in [0.2, 0.25) is 0 Å². The van der Waals surface area contributed by atoms with E-state index in [9.17, 15) is 4.79 Å². The monoisotopic (exact) mass is 280 g/mol. The summed E-state index contributed by atoms with van der Waals surface area (Å²) in [5, 5.41) is 0. The van der Waals surface area contributed by atoms with Gasteiger partial charge in [-0.3, -0.25) is 4.79 Å². The van der Waals surface area contributed by atoms with Gasteiger partial charge in [0, 0.05) is 0 Å². The highest BCUT2D eigenvalue weighted by Gasteiger charge is 2.25. The summed E-state index contributed by atoms with van der Waals surface area (Å²) in [5.74, 6) is 0.143. The zero-order valence-electron chi connectivity index (χ0n) is 11.8. The number of hydrogen-bond donors (Lipinski definition) is 0. The number of carbonyl (C=O) groups is 1. The minimum Gasteiger partial charge on any atom is -0.497 e. The van der Waals surface area contributed by atoms with Crippen molar-refractivity contribution in [3.8, 4) is 5.75 Å². The molecular formula is C15H20O5. The second-order valence-electron chi connectivity index (χ2n) is 4.60. The summed E-state index contributed by atoms with van der Waals surface area (Å²) >= 11 is 0. The highest BCUT2D eigenvalue weighted by atomic mass is 16.7. The van der Waals surface area contributed by atoms with E-state index in [2.05, 4.69) is 0 Å². The van der Waals surface area contributed by atoms with Crippen LogP contribution in [-0.4, -0.2) is 39.7 Å². The fraction of sp³-hybridized carbons (Fsp3) is 0.533. The number of ether oxygens (including phenoxy) is 4. The van der Waals surface area contributed by atoms with E-state index in [4.69, 9.17) is 18.9 Å². The van der Waals surface area contributed by atoms with Crippen LogP contribution in [0.4, 0.5) is 0 Å². The summed E-state index contributed by atoms with van der Waals surface area (Å²) in [5.41, 5.74) is 0.884. The third-order valence-corrected chi connectivity index (χ3v) is 3.36. The zero-order chi connectivity index (χ0) is 14.4. The van der Waals surface area contributed by atoms with E-state index in [0.717, 1.165) is 11.3 Å². The van der Waals surface area contributed by atoms with Crippen molar-refractivity contribution in [2.45, 2.75) is 25.0 Å². The van der Waals surface area contributed by atoms with Crippen molar-refractivity contribution in [1.82, 2.24) is 0 Å². The van der Waals surface area contributed by atoms with Gasteiger partial charge >= 0.3 is 5.97 Å². The standard InChI is InChI=1S/C15H20O5/c1-17-12-5-3-4-11(10-12)13(15(16)18-2)6-7-14-19-8-9-20-14/h3-5,10,13-14H,6-9H2,1-2H3. The molecular weight excluding hydrogens is 260 g/mol. The number of carbonyl (C=O) groups excluding carboxylic acids is 1. The molecule has 1 aromatic carbocycles. The van der Waals surface area contributed by atoms with Crippen molar-refractivity contribution in [3.05, 3.63) is 29.8 Å². The Labute approximate surface area is 118 Å². The summed E-state index contributed by atoms with van der Waals surface area (Å²) in [6, 6.07) is 7.48. The summed E-state index contributed by atoms with van der Waals surface area (Å²) in [7, 11) is 3.00. The van der Waals surface area contributed by atoms with Gasteiger partial charge < -0.3 is 18.9 Å². The van der Waals surface area contributed by atoms with Crippen LogP contribution in [0.3, 0.4) is 0 Å². The minimum absolute atomic E-state index is 0.215. The minimum atomic E-state index is -0.331. The van der Waals surface area contributed by atoms with Gasteiger partial charge in [0.1, 0.15) is 5.75 Å². The first-order valence-corrected chi connectivity index (χ1v) is 6.69. The number of methoxy groups -OCH3 is 2. The van der Waals surface area contributed by atoms with E-state index >= 15 is 0 Å². The molecule has 1 atom stereocenters. The van der Waals surface area contributed by atoms with Crippen LogP contribution >= 0.6 is 0 Å². The third-order valence-electron chi connectivity index (χ3n) is 3.36. The van der Waals surface area contributed by atoms with E-state index in [1.54, 1.807) is 7.11 Å². The summed E-state index contributed by atoms with van der Waals surface area (Å²) in [6.45, 7) is 1.24. The molecule has 0 saturated carbocycles. The topological polar surface area (TPSA) is 54.0 Å². The lowest BCUT2D eigenvalue weighted by atomic mass is 9.94. The fourth-order valence-electron chi connectivity index (χ4n) is 2.30. The van der Waals surface area contributed by atoms with Gasteiger partial charge in [-0.05, 0) is 30.5 Å². The third kappa shape index (κ3) is 3.71. The molecule has 0 bridgehead atoms. The molecule has 20 heavy (non-hydrogen) atoms. The Morgan fingerprint density at radius 1 is 1.35 bits per heavy atom. The number of rotatable bonds is 6. The van der Waals surface area contributed by atoms with Crippen LogP contribution in [0.2, 0.25) is 0 Å². The van der Waals surface area contributed by atoms with Crippen LogP contribution in [0.1, 0.15) is 24.3 Å². The molecule has 0 radical (unpaired) electrons. The van der Waals surface area contributed by atoms with Crippen LogP contribution < -0.4 is 4.74 Å². The largest absolute Gasteiger partial charge is 0.497 e. The van der Waals surface area contributed by atoms with Gasteiger partial charge in [-0.1, -0.05) is 12.1 Å². The van der Waals surface area contributed by atoms with Crippen molar-refractivity contribution in [3.63, 3.8) is 0 Å². The molecule has 1 heterocycles. The Hall–Kier alpha value is -1.59. The predicted octanol–water partition coefficient (Wildman–Crippen LogP) is 2.10. The van der Waals surface area contributed by atoms with Crippen molar-refractivity contribution in [2.24, 2.45) is 0 Å². The van der Waals surface area contributed by atoms with Crippen molar-refractivity contribution >= 4 is 5.97 Å². The highest BCUT2D eigenvalue weighted by Crippen LogP contribution is 2.27. The highest BCUT2D eigenvalue weighted by molar-refractivity contribution is 5.78. The molecule has 0 spiro atoms. The van der Waals surface area contributed by atoms with Gasteiger partial charge in [0.05, 0.1) is 33.4 Å². The van der Waals surface area contributed by atoms with Crippen LogP contribution in [0.25, 0.3) is 0 Å². The van der Waals surface area contributed by atoms with Gasteiger partial charge in [-0.2, -0.15) is 0 Å². The van der Waals surface area contributed by atoms with Gasteiger partial charge in [-0.15, -0.1) is 0 Å². The molecule has 5 nitrogen and oxygen atoms in total. The molecule has 1 aliphatic heterocycles. The van der Waals surface area contributed by atoms with E-state index in [1.165, 1.54) is 7.11 Å². The molecule has 0 amide bonds. The van der Waals surface area contributed by atoms with Crippen LogP contribution in [0.5, 0.6) is 5.75 Å². The van der Waals surface area contributed by atoms with Gasteiger partial charge in [0.25, 0.3) is 0 Å². The summed E-state index contributed by atoms with van der Waals surface area (Å²) in [4.78, 5) is 12.0. The number of esters is 1. The maximum absolute atomic E-state index is 12.0. The first-order chi connectivity index (χ1) is 9.74. The van der Waals surface area contributed by atoms with Gasteiger partial charge in [-0.25, -0.2) is 0 Å². The fourth-order valence-corrected chi connectivity index (χ4v) is 2.30. The first kappa shape index (κ1) is 14.8. The van der Waals surface area contributed by atoms with Crippen molar-refractivity contribution in [2.75, 3.05) is 27.4 Å². The molecule has 5 heteroatoms. The molecule has 1 fully saturated rings. The van der Waals surface area contributed by atoms with Gasteiger partial charge in [0.15, 0.2) is 6.29 Å². The maximum atomic E-state index is 12.0. The van der Waals surface area contributed by atoms with E-state index in [1.807, 2.05) is 24.3 Å². The van der Waals surface area contributed by atoms with Crippen molar-refractivity contribution in [1.29, 1.82) is 0 Å². The van der Waals surface area contributed by atoms with Crippen LogP contribution in [0.15, 0.2) is 24.3 Å². The molecule has 2 rings (SSSR count). The van der Waals surface area contributed by atoms with E-state index < -0.39 is 0 Å². The maximum Gasteiger partial charge on any atom is 0.313 e. The normalized spacial score (nSPS) is 16.9. The molecule has 1 aliphatic rings. The number of hydrogen-bond acceptors (Lipinski definition) is 5. The van der Waals surface area contributed by atoms with Crippen LogP contribution in [-0.2, 0) is 19.0 Å². The smallest absolute Gasteiger partial charge is 0.313 e. The molecule has 0 aromatic heterocycles.